The van der Waals surface area contributed by atoms with Crippen molar-refractivity contribution in [2.75, 3.05) is 0 Å². The van der Waals surface area contributed by atoms with Gasteiger partial charge in [0.05, 0.1) is 11.1 Å². The number of benzene rings is 1. The Morgan fingerprint density at radius 2 is 1.89 bits per heavy atom. The molecule has 0 aliphatic rings. The maximum atomic E-state index is 13.0. The first-order valence-corrected chi connectivity index (χ1v) is 7.76. The van der Waals surface area contributed by atoms with E-state index in [4.69, 9.17) is 5.73 Å². The Bertz CT molecular complexity index is 1010. The third-order valence-corrected chi connectivity index (χ3v) is 3.69. The second kappa shape index (κ2) is 7.02. The molecule has 0 bridgehead atoms. The summed E-state index contributed by atoms with van der Waals surface area (Å²) in [6, 6.07) is 6.79. The van der Waals surface area contributed by atoms with Crippen molar-refractivity contribution in [2.45, 2.75) is 13.1 Å². The molecule has 1 amide bonds. The summed E-state index contributed by atoms with van der Waals surface area (Å²) in [5, 5.41) is 4.13. The Kier molecular flexibility index (Phi) is 4.76. The number of nitrogens with two attached hydrogens (primary N) is 1. The van der Waals surface area contributed by atoms with Crippen LogP contribution in [0.2, 0.25) is 0 Å². The summed E-state index contributed by atoms with van der Waals surface area (Å²) < 4.78 is 40.2. The molecule has 6 nitrogen and oxygen atoms in total. The average Bonchev–Trinajstić information content (AvgIpc) is 3.08. The van der Waals surface area contributed by atoms with Gasteiger partial charge < -0.3 is 5.73 Å². The molecule has 0 aliphatic heterocycles. The van der Waals surface area contributed by atoms with E-state index in [1.54, 1.807) is 25.1 Å². The first-order chi connectivity index (χ1) is 12.7. The molecule has 0 spiro atoms. The van der Waals surface area contributed by atoms with Crippen molar-refractivity contribution in [2.24, 2.45) is 5.73 Å². The predicted octanol–water partition coefficient (Wildman–Crippen LogP) is 3.15. The van der Waals surface area contributed by atoms with Crippen LogP contribution >= 0.6 is 0 Å². The molecule has 0 saturated carbocycles. The largest absolute Gasteiger partial charge is 0.416 e. The number of carbonyl (C=O) groups is 1. The van der Waals surface area contributed by atoms with E-state index in [1.807, 2.05) is 0 Å². The lowest BCUT2D eigenvalue weighted by atomic mass is 10.1. The van der Waals surface area contributed by atoms with E-state index in [0.29, 0.717) is 11.1 Å². The standard InChI is InChI=1S/C18H14F3N5O/c1-11-6-13(8-14(7-11)18(19,20)21)17-24-10-26(25-17)9-15(16(22)27)12-2-4-23-5-3-12/h2-10H,1H3,(H2,22,27)/b15-9-. The van der Waals surface area contributed by atoms with Gasteiger partial charge >= 0.3 is 6.18 Å². The van der Waals surface area contributed by atoms with Crippen molar-refractivity contribution in [3.63, 3.8) is 0 Å². The van der Waals surface area contributed by atoms with Crippen molar-refractivity contribution in [1.82, 2.24) is 19.7 Å². The van der Waals surface area contributed by atoms with Crippen LogP contribution in [0.25, 0.3) is 23.2 Å². The molecule has 0 saturated heterocycles. The number of amides is 1. The molecule has 138 valence electrons. The number of halogens is 3. The molecule has 0 unspecified atom stereocenters. The van der Waals surface area contributed by atoms with E-state index in [1.165, 1.54) is 29.6 Å². The van der Waals surface area contributed by atoms with Crippen LogP contribution < -0.4 is 5.73 Å². The number of aromatic nitrogens is 4. The lowest BCUT2D eigenvalue weighted by Gasteiger charge is -2.09. The quantitative estimate of drug-likeness (QED) is 0.712. The molecule has 0 radical (unpaired) electrons. The van der Waals surface area contributed by atoms with Crippen LogP contribution in [0.4, 0.5) is 13.2 Å². The number of primary amides is 1. The van der Waals surface area contributed by atoms with Crippen molar-refractivity contribution < 1.29 is 18.0 Å². The zero-order valence-electron chi connectivity index (χ0n) is 14.1. The molecule has 2 aromatic heterocycles. The summed E-state index contributed by atoms with van der Waals surface area (Å²) >= 11 is 0. The van der Waals surface area contributed by atoms with Crippen LogP contribution in [0.5, 0.6) is 0 Å². The molecule has 1 aromatic carbocycles. The lowest BCUT2D eigenvalue weighted by molar-refractivity contribution is -0.137. The van der Waals surface area contributed by atoms with Gasteiger partial charge in [0, 0.05) is 24.2 Å². The SMILES string of the molecule is Cc1cc(-c2ncn(/C=C(\C(N)=O)c3ccncc3)n2)cc(C(F)(F)F)c1. The third-order valence-electron chi connectivity index (χ3n) is 3.69. The number of carbonyl (C=O) groups excluding carboxylic acids is 1. The minimum atomic E-state index is -4.47. The van der Waals surface area contributed by atoms with Crippen molar-refractivity contribution in [1.29, 1.82) is 0 Å². The highest BCUT2D eigenvalue weighted by Crippen LogP contribution is 2.32. The number of pyridine rings is 1. The Balaban J connectivity index is 2.00. The predicted molar refractivity (Wildman–Crippen MR) is 92.8 cm³/mol. The molecule has 3 rings (SSSR count). The van der Waals surface area contributed by atoms with E-state index in [2.05, 4.69) is 15.1 Å². The Morgan fingerprint density at radius 1 is 1.19 bits per heavy atom. The Hall–Kier alpha value is -3.49. The molecule has 0 aliphatic carbocycles. The van der Waals surface area contributed by atoms with E-state index in [-0.39, 0.29) is 17.0 Å². The van der Waals surface area contributed by atoms with Crippen LogP contribution in [0.15, 0.2) is 49.1 Å². The molecule has 2 N–H and O–H groups in total. The van der Waals surface area contributed by atoms with Gasteiger partial charge in [0.15, 0.2) is 5.82 Å². The first kappa shape index (κ1) is 18.3. The van der Waals surface area contributed by atoms with E-state index >= 15 is 0 Å². The smallest absolute Gasteiger partial charge is 0.366 e. The normalized spacial score (nSPS) is 12.2. The molecule has 0 atom stereocenters. The monoisotopic (exact) mass is 373 g/mol. The van der Waals surface area contributed by atoms with Crippen LogP contribution in [0, 0.1) is 6.92 Å². The maximum Gasteiger partial charge on any atom is 0.416 e. The summed E-state index contributed by atoms with van der Waals surface area (Å²) in [6.45, 7) is 1.56. The van der Waals surface area contributed by atoms with E-state index < -0.39 is 17.6 Å². The van der Waals surface area contributed by atoms with Gasteiger partial charge in [-0.25, -0.2) is 9.67 Å². The third kappa shape index (κ3) is 4.20. The highest BCUT2D eigenvalue weighted by molar-refractivity contribution is 6.22. The molecule has 27 heavy (non-hydrogen) atoms. The van der Waals surface area contributed by atoms with Gasteiger partial charge in [-0.3, -0.25) is 9.78 Å². The second-order valence-electron chi connectivity index (χ2n) is 5.78. The fraction of sp³-hybridized carbons (Fsp3) is 0.111. The zero-order valence-corrected chi connectivity index (χ0v) is 14.1. The summed E-state index contributed by atoms with van der Waals surface area (Å²) in [5.74, 6) is -0.591. The van der Waals surface area contributed by atoms with Gasteiger partial charge in [-0.05, 0) is 48.4 Å². The topological polar surface area (TPSA) is 86.7 Å². The van der Waals surface area contributed by atoms with Gasteiger partial charge in [0.25, 0.3) is 5.91 Å². The summed E-state index contributed by atoms with van der Waals surface area (Å²) in [6.07, 6.45) is 1.18. The Morgan fingerprint density at radius 3 is 2.52 bits per heavy atom. The van der Waals surface area contributed by atoms with Crippen LogP contribution in [-0.2, 0) is 11.0 Å². The second-order valence-corrected chi connectivity index (χ2v) is 5.78. The number of hydrogen-bond donors (Lipinski definition) is 1. The van der Waals surface area contributed by atoms with Gasteiger partial charge in [-0.15, -0.1) is 5.10 Å². The van der Waals surface area contributed by atoms with Gasteiger partial charge in [-0.1, -0.05) is 0 Å². The van der Waals surface area contributed by atoms with Crippen LogP contribution in [-0.4, -0.2) is 25.7 Å². The fourth-order valence-electron chi connectivity index (χ4n) is 2.49. The number of hydrogen-bond acceptors (Lipinski definition) is 4. The van der Waals surface area contributed by atoms with E-state index in [0.717, 1.165) is 12.1 Å². The summed E-state index contributed by atoms with van der Waals surface area (Å²) in [5.41, 5.74) is 5.98. The molecule has 0 fully saturated rings. The lowest BCUT2D eigenvalue weighted by Crippen LogP contribution is -2.13. The minimum Gasteiger partial charge on any atom is -0.366 e. The maximum absolute atomic E-state index is 13.0. The van der Waals surface area contributed by atoms with Crippen LogP contribution in [0.3, 0.4) is 0 Å². The Labute approximate surface area is 152 Å². The number of aryl methyl sites for hydroxylation is 1. The summed E-state index contributed by atoms with van der Waals surface area (Å²) in [7, 11) is 0. The highest BCUT2D eigenvalue weighted by atomic mass is 19.4. The van der Waals surface area contributed by atoms with Crippen molar-refractivity contribution >= 4 is 17.7 Å². The fourth-order valence-corrected chi connectivity index (χ4v) is 2.49. The molecular formula is C18H14F3N5O. The zero-order chi connectivity index (χ0) is 19.6. The number of alkyl halides is 3. The van der Waals surface area contributed by atoms with Crippen LogP contribution in [0.1, 0.15) is 16.7 Å². The molecule has 3 aromatic rings. The van der Waals surface area contributed by atoms with Crippen molar-refractivity contribution in [3.8, 4) is 11.4 Å². The number of nitrogens with zero attached hydrogens (tertiary/aromatic N) is 4. The first-order valence-electron chi connectivity index (χ1n) is 7.76. The number of rotatable bonds is 4. The van der Waals surface area contributed by atoms with Gasteiger partial charge in [0.1, 0.15) is 6.33 Å². The highest BCUT2D eigenvalue weighted by Gasteiger charge is 2.31. The van der Waals surface area contributed by atoms with Crippen molar-refractivity contribution in [3.05, 3.63) is 65.7 Å². The average molecular weight is 373 g/mol. The van der Waals surface area contributed by atoms with Gasteiger partial charge in [0.2, 0.25) is 0 Å². The molecule has 9 heteroatoms. The minimum absolute atomic E-state index is 0.0963. The summed E-state index contributed by atoms with van der Waals surface area (Å²) in [4.78, 5) is 19.6. The van der Waals surface area contributed by atoms with Gasteiger partial charge in [-0.2, -0.15) is 13.2 Å². The molecule has 2 heterocycles. The molecular weight excluding hydrogens is 359 g/mol. The van der Waals surface area contributed by atoms with E-state index in [9.17, 15) is 18.0 Å².